The molecule has 0 aliphatic rings. The number of carbonyl (C=O) groups is 1. The van der Waals surface area contributed by atoms with Gasteiger partial charge in [-0.05, 0) is 18.4 Å². The lowest BCUT2D eigenvalue weighted by Gasteiger charge is -2.04. The molecule has 2 N–H and O–H groups in total. The van der Waals surface area contributed by atoms with Gasteiger partial charge in [0.25, 0.3) is 5.56 Å². The fourth-order valence-electron chi connectivity index (χ4n) is 1.19. The van der Waals surface area contributed by atoms with Crippen molar-refractivity contribution in [3.8, 4) is 0 Å². The number of nitrogens with zero attached hydrogens (tertiary/aromatic N) is 1. The van der Waals surface area contributed by atoms with Crippen LogP contribution in [0.4, 0.5) is 0 Å². The second-order valence-electron chi connectivity index (χ2n) is 3.70. The molecule has 5 heteroatoms. The molecule has 1 heterocycles. The number of carboxylic acid groups (broad SMARTS) is 1. The van der Waals surface area contributed by atoms with Crippen molar-refractivity contribution in [2.24, 2.45) is 0 Å². The third-order valence-electron chi connectivity index (χ3n) is 2.10. The Kier molecular flexibility index (Phi) is 3.60. The molecule has 15 heavy (non-hydrogen) atoms. The molecule has 0 fully saturated rings. The molecule has 0 aliphatic carbocycles. The van der Waals surface area contributed by atoms with Crippen molar-refractivity contribution in [1.29, 1.82) is 0 Å². The van der Waals surface area contributed by atoms with Crippen molar-refractivity contribution < 1.29 is 9.90 Å². The molecule has 1 rings (SSSR count). The van der Waals surface area contributed by atoms with Crippen LogP contribution in [0.15, 0.2) is 10.9 Å². The first-order chi connectivity index (χ1) is 7.00. The number of rotatable bonds is 4. The lowest BCUT2D eigenvalue weighted by Crippen LogP contribution is -2.17. The molecule has 0 saturated heterocycles. The number of hydrogen-bond donors (Lipinski definition) is 2. The summed E-state index contributed by atoms with van der Waals surface area (Å²) in [5.41, 5.74) is 0.951. The number of aromatic amines is 1. The van der Waals surface area contributed by atoms with Gasteiger partial charge in [0.15, 0.2) is 0 Å². The molecule has 0 atom stereocenters. The van der Waals surface area contributed by atoms with E-state index in [0.29, 0.717) is 5.56 Å². The van der Waals surface area contributed by atoms with E-state index in [4.69, 9.17) is 5.11 Å². The Bertz CT molecular complexity index is 409. The highest BCUT2D eigenvalue weighted by molar-refractivity contribution is 5.67. The third-order valence-corrected chi connectivity index (χ3v) is 2.10. The average Bonchev–Trinajstić information content (AvgIpc) is 2.16. The summed E-state index contributed by atoms with van der Waals surface area (Å²) in [4.78, 5) is 21.7. The summed E-state index contributed by atoms with van der Waals surface area (Å²) in [5.74, 6) is -0.692. The van der Waals surface area contributed by atoms with Crippen LogP contribution in [0, 0.1) is 0 Å². The zero-order chi connectivity index (χ0) is 11.4. The van der Waals surface area contributed by atoms with Gasteiger partial charge in [-0.15, -0.1) is 0 Å². The predicted octanol–water partition coefficient (Wildman–Crippen LogP) is 0.911. The van der Waals surface area contributed by atoms with Crippen LogP contribution in [-0.4, -0.2) is 21.3 Å². The lowest BCUT2D eigenvalue weighted by molar-refractivity contribution is -0.136. The fraction of sp³-hybridized carbons (Fsp3) is 0.500. The van der Waals surface area contributed by atoms with Crippen molar-refractivity contribution in [3.63, 3.8) is 0 Å². The van der Waals surface area contributed by atoms with Gasteiger partial charge in [-0.2, -0.15) is 5.10 Å². The van der Waals surface area contributed by atoms with E-state index in [9.17, 15) is 9.59 Å². The van der Waals surface area contributed by atoms with Crippen molar-refractivity contribution in [2.75, 3.05) is 0 Å². The molecule has 0 unspecified atom stereocenters. The van der Waals surface area contributed by atoms with Crippen LogP contribution < -0.4 is 5.56 Å². The summed E-state index contributed by atoms with van der Waals surface area (Å²) >= 11 is 0. The molecule has 1 aromatic heterocycles. The standard InChI is InChI=1S/C10H14N2O3/c1-6(2)8-5-7(3-4-9(13)14)10(15)12-11-8/h5-6H,3-4H2,1-2H3,(H,12,15)(H,13,14). The fourth-order valence-corrected chi connectivity index (χ4v) is 1.19. The first kappa shape index (κ1) is 11.4. The smallest absolute Gasteiger partial charge is 0.303 e. The zero-order valence-corrected chi connectivity index (χ0v) is 8.78. The van der Waals surface area contributed by atoms with Crippen LogP contribution in [0.2, 0.25) is 0 Å². The largest absolute Gasteiger partial charge is 0.481 e. The number of nitrogens with one attached hydrogen (secondary N) is 1. The number of H-pyrrole nitrogens is 1. The van der Waals surface area contributed by atoms with Crippen LogP contribution in [0.1, 0.15) is 37.4 Å². The molecular weight excluding hydrogens is 196 g/mol. The van der Waals surface area contributed by atoms with Gasteiger partial charge >= 0.3 is 5.97 Å². The summed E-state index contributed by atoms with van der Waals surface area (Å²) in [6.07, 6.45) is 0.206. The second kappa shape index (κ2) is 4.72. The minimum atomic E-state index is -0.905. The third kappa shape index (κ3) is 3.19. The summed E-state index contributed by atoms with van der Waals surface area (Å²) in [6.45, 7) is 3.92. The Morgan fingerprint density at radius 1 is 1.60 bits per heavy atom. The molecule has 0 spiro atoms. The van der Waals surface area contributed by atoms with Crippen molar-refractivity contribution >= 4 is 5.97 Å². The van der Waals surface area contributed by atoms with Gasteiger partial charge < -0.3 is 5.11 Å². The highest BCUT2D eigenvalue weighted by atomic mass is 16.4. The van der Waals surface area contributed by atoms with E-state index in [1.165, 1.54) is 0 Å². The van der Waals surface area contributed by atoms with Crippen LogP contribution >= 0.6 is 0 Å². The number of hydrogen-bond acceptors (Lipinski definition) is 3. The van der Waals surface area contributed by atoms with E-state index in [1.807, 2.05) is 13.8 Å². The molecule has 0 radical (unpaired) electrons. The molecule has 1 aromatic rings. The number of aryl methyl sites for hydroxylation is 1. The maximum atomic E-state index is 11.3. The Balaban J connectivity index is 2.90. The number of carboxylic acids is 1. The summed E-state index contributed by atoms with van der Waals surface area (Å²) in [6, 6.07) is 1.67. The van der Waals surface area contributed by atoms with E-state index in [2.05, 4.69) is 10.2 Å². The molecule has 5 nitrogen and oxygen atoms in total. The minimum absolute atomic E-state index is 0.0371. The summed E-state index contributed by atoms with van der Waals surface area (Å²) in [7, 11) is 0. The molecule has 82 valence electrons. The molecular formula is C10H14N2O3. The summed E-state index contributed by atoms with van der Waals surface area (Å²) < 4.78 is 0. The van der Waals surface area contributed by atoms with Gasteiger partial charge in [0.05, 0.1) is 5.69 Å². The van der Waals surface area contributed by atoms with E-state index in [0.717, 1.165) is 5.69 Å². The van der Waals surface area contributed by atoms with E-state index < -0.39 is 5.97 Å². The van der Waals surface area contributed by atoms with E-state index >= 15 is 0 Å². The lowest BCUT2D eigenvalue weighted by atomic mass is 10.1. The van der Waals surface area contributed by atoms with Crippen molar-refractivity contribution in [3.05, 3.63) is 27.7 Å². The van der Waals surface area contributed by atoms with Crippen molar-refractivity contribution in [1.82, 2.24) is 10.2 Å². The summed E-state index contributed by atoms with van der Waals surface area (Å²) in [5, 5.41) is 14.8. The quantitative estimate of drug-likeness (QED) is 0.773. The van der Waals surface area contributed by atoms with E-state index in [-0.39, 0.29) is 24.3 Å². The maximum Gasteiger partial charge on any atom is 0.303 e. The Morgan fingerprint density at radius 2 is 2.27 bits per heavy atom. The topological polar surface area (TPSA) is 83.0 Å². The average molecular weight is 210 g/mol. The van der Waals surface area contributed by atoms with Gasteiger partial charge in [0.1, 0.15) is 0 Å². The molecule has 0 bridgehead atoms. The molecule has 0 saturated carbocycles. The monoisotopic (exact) mass is 210 g/mol. The maximum absolute atomic E-state index is 11.3. The Labute approximate surface area is 87.1 Å². The minimum Gasteiger partial charge on any atom is -0.481 e. The van der Waals surface area contributed by atoms with Gasteiger partial charge in [-0.25, -0.2) is 5.10 Å². The molecule has 0 aliphatic heterocycles. The predicted molar refractivity (Wildman–Crippen MR) is 54.9 cm³/mol. The van der Waals surface area contributed by atoms with Gasteiger partial charge in [-0.1, -0.05) is 13.8 Å². The van der Waals surface area contributed by atoms with Crippen LogP contribution in [0.5, 0.6) is 0 Å². The highest BCUT2D eigenvalue weighted by Crippen LogP contribution is 2.10. The number of aliphatic carboxylic acids is 1. The molecule has 0 amide bonds. The van der Waals surface area contributed by atoms with Gasteiger partial charge in [0.2, 0.25) is 0 Å². The van der Waals surface area contributed by atoms with Crippen LogP contribution in [-0.2, 0) is 11.2 Å². The van der Waals surface area contributed by atoms with E-state index in [1.54, 1.807) is 6.07 Å². The molecule has 0 aromatic carbocycles. The highest BCUT2D eigenvalue weighted by Gasteiger charge is 2.07. The zero-order valence-electron chi connectivity index (χ0n) is 8.78. The Morgan fingerprint density at radius 3 is 2.80 bits per heavy atom. The normalized spacial score (nSPS) is 10.6. The van der Waals surface area contributed by atoms with Crippen LogP contribution in [0.3, 0.4) is 0 Å². The van der Waals surface area contributed by atoms with Gasteiger partial charge in [-0.3, -0.25) is 9.59 Å². The SMILES string of the molecule is CC(C)c1cc(CCC(=O)O)c(=O)[nH]n1. The van der Waals surface area contributed by atoms with Crippen LogP contribution in [0.25, 0.3) is 0 Å². The second-order valence-corrected chi connectivity index (χ2v) is 3.70. The first-order valence-corrected chi connectivity index (χ1v) is 4.81. The first-order valence-electron chi connectivity index (χ1n) is 4.81. The van der Waals surface area contributed by atoms with Gasteiger partial charge in [0, 0.05) is 12.0 Å². The number of aromatic nitrogens is 2. The Hall–Kier alpha value is -1.65. The van der Waals surface area contributed by atoms with Crippen molar-refractivity contribution in [2.45, 2.75) is 32.6 Å².